The van der Waals surface area contributed by atoms with Gasteiger partial charge < -0.3 is 9.42 Å². The lowest BCUT2D eigenvalue weighted by Crippen LogP contribution is -2.27. The van der Waals surface area contributed by atoms with Crippen LogP contribution in [0, 0.1) is 6.92 Å². The van der Waals surface area contributed by atoms with Crippen molar-refractivity contribution in [3.8, 4) is 11.4 Å². The Balaban J connectivity index is 1.61. The minimum absolute atomic E-state index is 0.133. The molecule has 1 aliphatic heterocycles. The summed E-state index contributed by atoms with van der Waals surface area (Å²) in [4.78, 5) is 18.0. The second-order valence-electron chi connectivity index (χ2n) is 6.81. The van der Waals surface area contributed by atoms with E-state index >= 15 is 0 Å². The molecule has 0 bridgehead atoms. The van der Waals surface area contributed by atoms with Gasteiger partial charge in [0.1, 0.15) is 0 Å². The first-order valence-electron chi connectivity index (χ1n) is 8.66. The molecule has 144 valence electrons. The van der Waals surface area contributed by atoms with Crippen molar-refractivity contribution in [3.63, 3.8) is 0 Å². The van der Waals surface area contributed by atoms with Crippen LogP contribution in [0.3, 0.4) is 0 Å². The van der Waals surface area contributed by atoms with Crippen LogP contribution in [0.1, 0.15) is 45.9 Å². The zero-order valence-corrected chi connectivity index (χ0v) is 15.1. The predicted molar refractivity (Wildman–Crippen MR) is 94.2 cm³/mol. The van der Waals surface area contributed by atoms with Gasteiger partial charge in [0.25, 0.3) is 5.91 Å². The van der Waals surface area contributed by atoms with Crippen LogP contribution in [0.25, 0.3) is 11.4 Å². The van der Waals surface area contributed by atoms with E-state index in [9.17, 15) is 18.0 Å². The van der Waals surface area contributed by atoms with Gasteiger partial charge in [-0.2, -0.15) is 18.2 Å². The summed E-state index contributed by atoms with van der Waals surface area (Å²) in [7, 11) is 0. The molecular formula is C20H16F3N3O2. The molecule has 0 saturated carbocycles. The minimum Gasteiger partial charge on any atom is -0.329 e. The quantitative estimate of drug-likeness (QED) is 0.649. The molecular weight excluding hydrogens is 371 g/mol. The van der Waals surface area contributed by atoms with Crippen molar-refractivity contribution in [1.29, 1.82) is 0 Å². The lowest BCUT2D eigenvalue weighted by molar-refractivity contribution is -0.159. The largest absolute Gasteiger partial charge is 0.471 e. The Morgan fingerprint density at radius 3 is 2.50 bits per heavy atom. The molecule has 0 N–H and O–H groups in total. The zero-order valence-electron chi connectivity index (χ0n) is 15.1. The number of hydrogen-bond acceptors (Lipinski definition) is 4. The number of nitrogens with zero attached hydrogens (tertiary/aromatic N) is 3. The van der Waals surface area contributed by atoms with Crippen molar-refractivity contribution in [2.75, 3.05) is 0 Å². The van der Waals surface area contributed by atoms with Crippen molar-refractivity contribution < 1.29 is 22.5 Å². The molecule has 0 radical (unpaired) electrons. The van der Waals surface area contributed by atoms with Crippen LogP contribution in [0.5, 0.6) is 0 Å². The maximum Gasteiger partial charge on any atom is 0.471 e. The molecule has 28 heavy (non-hydrogen) atoms. The highest BCUT2D eigenvalue weighted by Crippen LogP contribution is 2.34. The topological polar surface area (TPSA) is 59.2 Å². The van der Waals surface area contributed by atoms with E-state index in [-0.39, 0.29) is 17.8 Å². The van der Waals surface area contributed by atoms with Gasteiger partial charge in [0.05, 0.1) is 6.04 Å². The third kappa shape index (κ3) is 3.15. The predicted octanol–water partition coefficient (Wildman–Crippen LogP) is 4.78. The van der Waals surface area contributed by atoms with Crippen LogP contribution in [0.2, 0.25) is 0 Å². The molecule has 4 rings (SSSR count). The first-order valence-corrected chi connectivity index (χ1v) is 8.66. The van der Waals surface area contributed by atoms with E-state index in [0.717, 1.165) is 16.7 Å². The third-order valence-electron chi connectivity index (χ3n) is 4.90. The number of amides is 1. The normalized spacial score (nSPS) is 15.0. The summed E-state index contributed by atoms with van der Waals surface area (Å²) in [6.07, 6.45) is -4.71. The summed E-state index contributed by atoms with van der Waals surface area (Å²) in [6, 6.07) is 12.7. The van der Waals surface area contributed by atoms with Gasteiger partial charge in [-0.1, -0.05) is 47.1 Å². The average Bonchev–Trinajstić information content (AvgIpc) is 3.27. The first kappa shape index (κ1) is 18.2. The highest BCUT2D eigenvalue weighted by molar-refractivity contribution is 5.99. The molecule has 2 aromatic carbocycles. The van der Waals surface area contributed by atoms with E-state index in [1.807, 2.05) is 38.1 Å². The van der Waals surface area contributed by atoms with Crippen molar-refractivity contribution in [2.24, 2.45) is 0 Å². The summed E-state index contributed by atoms with van der Waals surface area (Å²) in [5.74, 6) is -1.79. The molecule has 1 atom stereocenters. The maximum absolute atomic E-state index is 12.9. The van der Waals surface area contributed by atoms with Gasteiger partial charge in [0.15, 0.2) is 0 Å². The molecule has 0 fully saturated rings. The number of carbonyl (C=O) groups is 1. The van der Waals surface area contributed by atoms with Crippen molar-refractivity contribution >= 4 is 5.91 Å². The van der Waals surface area contributed by atoms with E-state index in [4.69, 9.17) is 0 Å². The number of benzene rings is 2. The van der Waals surface area contributed by atoms with Gasteiger partial charge in [-0.05, 0) is 31.0 Å². The molecule has 3 aromatic rings. The minimum atomic E-state index is -4.71. The second-order valence-corrected chi connectivity index (χ2v) is 6.81. The SMILES string of the molecule is Cc1ccc([C@H](C)N2Cc3ccc(-c4noc(C(F)(F)F)n4)cc3C2=O)cc1. The molecule has 0 saturated heterocycles. The second kappa shape index (κ2) is 6.47. The molecule has 5 nitrogen and oxygen atoms in total. The lowest BCUT2D eigenvalue weighted by Gasteiger charge is -2.24. The Hall–Kier alpha value is -3.16. The summed E-state index contributed by atoms with van der Waals surface area (Å²) in [6.45, 7) is 4.38. The van der Waals surface area contributed by atoms with E-state index in [0.29, 0.717) is 17.7 Å². The van der Waals surface area contributed by atoms with Gasteiger partial charge in [-0.3, -0.25) is 4.79 Å². The number of carbonyl (C=O) groups excluding carboxylic acids is 1. The number of halogens is 3. The molecule has 1 amide bonds. The van der Waals surface area contributed by atoms with Gasteiger partial charge >= 0.3 is 12.1 Å². The van der Waals surface area contributed by atoms with Crippen molar-refractivity contribution in [2.45, 2.75) is 32.6 Å². The number of fused-ring (bicyclic) bond motifs is 1. The van der Waals surface area contributed by atoms with Crippen LogP contribution < -0.4 is 0 Å². The first-order chi connectivity index (χ1) is 13.2. The van der Waals surface area contributed by atoms with Crippen LogP contribution in [-0.2, 0) is 12.7 Å². The summed E-state index contributed by atoms with van der Waals surface area (Å²) in [5, 5.41) is 3.38. The van der Waals surface area contributed by atoms with Crippen LogP contribution in [0.4, 0.5) is 13.2 Å². The summed E-state index contributed by atoms with van der Waals surface area (Å²) in [5.41, 5.74) is 3.70. The Labute approximate surface area is 158 Å². The highest BCUT2D eigenvalue weighted by Gasteiger charge is 2.39. The molecule has 1 aromatic heterocycles. The Kier molecular flexibility index (Phi) is 4.21. The van der Waals surface area contributed by atoms with Crippen molar-refractivity contribution in [3.05, 3.63) is 70.6 Å². The summed E-state index contributed by atoms with van der Waals surface area (Å²) < 4.78 is 42.3. The van der Waals surface area contributed by atoms with E-state index < -0.39 is 12.1 Å². The fourth-order valence-electron chi connectivity index (χ4n) is 3.26. The number of aromatic nitrogens is 2. The molecule has 0 unspecified atom stereocenters. The monoisotopic (exact) mass is 387 g/mol. The number of alkyl halides is 3. The molecule has 1 aliphatic rings. The number of aryl methyl sites for hydroxylation is 1. The average molecular weight is 387 g/mol. The van der Waals surface area contributed by atoms with E-state index in [1.165, 1.54) is 6.07 Å². The highest BCUT2D eigenvalue weighted by atomic mass is 19.4. The van der Waals surface area contributed by atoms with Gasteiger partial charge in [0, 0.05) is 17.7 Å². The van der Waals surface area contributed by atoms with Crippen LogP contribution in [-0.4, -0.2) is 20.9 Å². The Bertz CT molecular complexity index is 1040. The van der Waals surface area contributed by atoms with Gasteiger partial charge in [-0.15, -0.1) is 0 Å². The fourth-order valence-corrected chi connectivity index (χ4v) is 3.26. The number of rotatable bonds is 3. The molecule has 0 aliphatic carbocycles. The molecule has 8 heteroatoms. The maximum atomic E-state index is 12.9. The molecule has 0 spiro atoms. The third-order valence-corrected chi connectivity index (χ3v) is 4.90. The lowest BCUT2D eigenvalue weighted by atomic mass is 10.1. The molecule has 2 heterocycles. The Morgan fingerprint density at radius 2 is 1.86 bits per heavy atom. The summed E-state index contributed by atoms with van der Waals surface area (Å²) >= 11 is 0. The van der Waals surface area contributed by atoms with E-state index in [2.05, 4.69) is 14.7 Å². The van der Waals surface area contributed by atoms with Crippen molar-refractivity contribution in [1.82, 2.24) is 15.0 Å². The van der Waals surface area contributed by atoms with Crippen LogP contribution >= 0.6 is 0 Å². The Morgan fingerprint density at radius 1 is 1.14 bits per heavy atom. The smallest absolute Gasteiger partial charge is 0.329 e. The number of hydrogen-bond donors (Lipinski definition) is 0. The zero-order chi connectivity index (χ0) is 20.1. The fraction of sp³-hybridized carbons (Fsp3) is 0.250. The standard InChI is InChI=1S/C20H16F3N3O2/c1-11-3-5-13(6-4-11)12(2)26-10-15-8-7-14(9-16(15)18(26)27)17-24-19(28-25-17)20(21,22)23/h3-9,12H,10H2,1-2H3/t12-/m0/s1. The van der Waals surface area contributed by atoms with Gasteiger partial charge in [0.2, 0.25) is 5.82 Å². The van der Waals surface area contributed by atoms with E-state index in [1.54, 1.807) is 17.0 Å². The van der Waals surface area contributed by atoms with Gasteiger partial charge in [-0.25, -0.2) is 0 Å². The van der Waals surface area contributed by atoms with Crippen LogP contribution in [0.15, 0.2) is 47.0 Å².